The second-order valence-corrected chi connectivity index (χ2v) is 8.06. The number of imidazole rings is 1. The Kier molecular flexibility index (Phi) is 3.30. The average Bonchev–Trinajstić information content (AvgIpc) is 3.22. The Bertz CT molecular complexity index is 1710. The molecule has 0 fully saturated rings. The smallest absolute Gasteiger partial charge is 0.146 e. The summed E-state index contributed by atoms with van der Waals surface area (Å²) in [5.41, 5.74) is 4.41. The summed E-state index contributed by atoms with van der Waals surface area (Å²) in [5, 5.41) is 7.73. The van der Waals surface area contributed by atoms with Crippen LogP contribution in [-0.2, 0) is 0 Å². The maximum Gasteiger partial charge on any atom is 0.146 e. The van der Waals surface area contributed by atoms with Gasteiger partial charge in [-0.25, -0.2) is 4.98 Å². The maximum absolute atomic E-state index is 5.10. The Hall–Kier alpha value is -4.17. The number of rotatable bonds is 2. The molecule has 0 amide bonds. The SMILES string of the molecule is c1ccc(-n2c(-c3ccc4ccc5cccc6ccc3c4c56)nc3ccccc32)cc1. The third kappa shape index (κ3) is 2.30. The zero-order valence-electron chi connectivity index (χ0n) is 16.8. The first-order valence-corrected chi connectivity index (χ1v) is 10.6. The van der Waals surface area contributed by atoms with Crippen LogP contribution in [0.5, 0.6) is 0 Å². The second kappa shape index (κ2) is 6.16. The molecule has 7 rings (SSSR count). The molecule has 31 heavy (non-hydrogen) atoms. The minimum absolute atomic E-state index is 0.977. The van der Waals surface area contributed by atoms with Gasteiger partial charge in [-0.15, -0.1) is 0 Å². The molecular formula is C29H18N2. The molecule has 0 spiro atoms. The van der Waals surface area contributed by atoms with Crippen molar-refractivity contribution in [1.82, 2.24) is 9.55 Å². The molecule has 0 unspecified atom stereocenters. The molecule has 0 bridgehead atoms. The fourth-order valence-electron chi connectivity index (χ4n) is 4.98. The summed E-state index contributed by atoms with van der Waals surface area (Å²) in [7, 11) is 0. The number of fused-ring (bicyclic) bond motifs is 1. The van der Waals surface area contributed by atoms with Crippen LogP contribution in [0.1, 0.15) is 0 Å². The number of benzene rings is 6. The first-order valence-electron chi connectivity index (χ1n) is 10.6. The van der Waals surface area contributed by atoms with Crippen molar-refractivity contribution in [3.63, 3.8) is 0 Å². The van der Waals surface area contributed by atoms with Gasteiger partial charge < -0.3 is 0 Å². The molecular weight excluding hydrogens is 376 g/mol. The number of hydrogen-bond donors (Lipinski definition) is 0. The van der Waals surface area contributed by atoms with Crippen LogP contribution in [0, 0.1) is 0 Å². The minimum atomic E-state index is 0.977. The maximum atomic E-state index is 5.10. The molecule has 2 heteroatoms. The molecule has 1 aromatic heterocycles. The van der Waals surface area contributed by atoms with Crippen molar-refractivity contribution in [2.75, 3.05) is 0 Å². The van der Waals surface area contributed by atoms with Gasteiger partial charge in [0.1, 0.15) is 5.82 Å². The molecule has 7 aromatic rings. The standard InChI is InChI=1S/C29H18N2/c1-2-9-22(10-3-1)31-26-12-5-4-11-25(26)30-29(31)24-18-16-21-14-13-19-7-6-8-20-15-17-23(24)28(21)27(19)20/h1-18H. The molecule has 0 saturated heterocycles. The number of nitrogens with zero attached hydrogens (tertiary/aromatic N) is 2. The Labute approximate surface area is 179 Å². The largest absolute Gasteiger partial charge is 0.292 e. The van der Waals surface area contributed by atoms with Crippen LogP contribution in [0.3, 0.4) is 0 Å². The quantitative estimate of drug-likeness (QED) is 0.276. The average molecular weight is 394 g/mol. The highest BCUT2D eigenvalue weighted by molar-refractivity contribution is 6.25. The fourth-order valence-corrected chi connectivity index (χ4v) is 4.98. The Morgan fingerprint density at radius 2 is 1.19 bits per heavy atom. The van der Waals surface area contributed by atoms with Gasteiger partial charge in [0.15, 0.2) is 0 Å². The van der Waals surface area contributed by atoms with Crippen LogP contribution in [0.15, 0.2) is 109 Å². The van der Waals surface area contributed by atoms with Crippen molar-refractivity contribution < 1.29 is 0 Å². The molecule has 0 aliphatic carbocycles. The fraction of sp³-hybridized carbons (Fsp3) is 0. The summed E-state index contributed by atoms with van der Waals surface area (Å²) >= 11 is 0. The molecule has 1 heterocycles. The van der Waals surface area contributed by atoms with Gasteiger partial charge in [-0.2, -0.15) is 0 Å². The third-order valence-electron chi connectivity index (χ3n) is 6.34. The van der Waals surface area contributed by atoms with E-state index < -0.39 is 0 Å². The van der Waals surface area contributed by atoms with Crippen LogP contribution in [0.2, 0.25) is 0 Å². The highest BCUT2D eigenvalue weighted by Crippen LogP contribution is 2.40. The first-order chi connectivity index (χ1) is 15.4. The van der Waals surface area contributed by atoms with E-state index in [2.05, 4.69) is 114 Å². The predicted octanol–water partition coefficient (Wildman–Crippen LogP) is 7.59. The normalized spacial score (nSPS) is 11.9. The van der Waals surface area contributed by atoms with Gasteiger partial charge in [0.2, 0.25) is 0 Å². The van der Waals surface area contributed by atoms with E-state index in [-0.39, 0.29) is 0 Å². The summed E-state index contributed by atoms with van der Waals surface area (Å²) < 4.78 is 2.28. The van der Waals surface area contributed by atoms with Crippen molar-refractivity contribution in [2.24, 2.45) is 0 Å². The zero-order valence-corrected chi connectivity index (χ0v) is 16.8. The van der Waals surface area contributed by atoms with E-state index in [1.807, 2.05) is 0 Å². The van der Waals surface area contributed by atoms with Crippen LogP contribution in [0.25, 0.3) is 60.4 Å². The summed E-state index contributed by atoms with van der Waals surface area (Å²) in [6.07, 6.45) is 0. The Morgan fingerprint density at radius 1 is 0.516 bits per heavy atom. The van der Waals surface area contributed by atoms with Gasteiger partial charge in [0.05, 0.1) is 11.0 Å². The zero-order chi connectivity index (χ0) is 20.4. The van der Waals surface area contributed by atoms with Gasteiger partial charge in [-0.1, -0.05) is 78.9 Å². The summed E-state index contributed by atoms with van der Waals surface area (Å²) in [6, 6.07) is 38.8. The lowest BCUT2D eigenvalue weighted by Gasteiger charge is -2.15. The highest BCUT2D eigenvalue weighted by atomic mass is 15.1. The van der Waals surface area contributed by atoms with Crippen LogP contribution in [0.4, 0.5) is 0 Å². The van der Waals surface area contributed by atoms with Crippen molar-refractivity contribution in [1.29, 1.82) is 0 Å². The number of para-hydroxylation sites is 3. The second-order valence-electron chi connectivity index (χ2n) is 8.06. The molecule has 6 aromatic carbocycles. The number of aromatic nitrogens is 2. The predicted molar refractivity (Wildman–Crippen MR) is 130 cm³/mol. The van der Waals surface area contributed by atoms with Gasteiger partial charge in [-0.05, 0) is 62.6 Å². The van der Waals surface area contributed by atoms with E-state index in [4.69, 9.17) is 4.98 Å². The Morgan fingerprint density at radius 3 is 2.03 bits per heavy atom. The lowest BCUT2D eigenvalue weighted by molar-refractivity contribution is 1.11. The van der Waals surface area contributed by atoms with Gasteiger partial charge >= 0.3 is 0 Å². The van der Waals surface area contributed by atoms with E-state index in [1.54, 1.807) is 0 Å². The number of hydrogen-bond acceptors (Lipinski definition) is 1. The molecule has 0 aliphatic heterocycles. The van der Waals surface area contributed by atoms with Crippen LogP contribution < -0.4 is 0 Å². The van der Waals surface area contributed by atoms with E-state index in [0.29, 0.717) is 0 Å². The molecule has 0 aliphatic rings. The lowest BCUT2D eigenvalue weighted by Crippen LogP contribution is -1.98. The minimum Gasteiger partial charge on any atom is -0.292 e. The van der Waals surface area contributed by atoms with E-state index in [0.717, 1.165) is 28.1 Å². The molecule has 0 radical (unpaired) electrons. The first kappa shape index (κ1) is 16.6. The molecule has 2 nitrogen and oxygen atoms in total. The van der Waals surface area contributed by atoms with Crippen LogP contribution in [-0.4, -0.2) is 9.55 Å². The lowest BCUT2D eigenvalue weighted by atomic mass is 9.92. The van der Waals surface area contributed by atoms with Crippen LogP contribution >= 0.6 is 0 Å². The van der Waals surface area contributed by atoms with Crippen molar-refractivity contribution >= 4 is 43.4 Å². The van der Waals surface area contributed by atoms with E-state index in [1.165, 1.54) is 32.3 Å². The Balaban J connectivity index is 1.65. The van der Waals surface area contributed by atoms with Gasteiger partial charge in [0.25, 0.3) is 0 Å². The topological polar surface area (TPSA) is 17.8 Å². The molecule has 0 saturated carbocycles. The van der Waals surface area contributed by atoms with E-state index in [9.17, 15) is 0 Å². The van der Waals surface area contributed by atoms with Crippen molar-refractivity contribution in [3.8, 4) is 17.1 Å². The third-order valence-corrected chi connectivity index (χ3v) is 6.34. The van der Waals surface area contributed by atoms with Crippen molar-refractivity contribution in [3.05, 3.63) is 109 Å². The summed E-state index contributed by atoms with van der Waals surface area (Å²) in [5.74, 6) is 0.977. The monoisotopic (exact) mass is 394 g/mol. The highest BCUT2D eigenvalue weighted by Gasteiger charge is 2.18. The summed E-state index contributed by atoms with van der Waals surface area (Å²) in [6.45, 7) is 0. The van der Waals surface area contributed by atoms with Gasteiger partial charge in [0, 0.05) is 11.3 Å². The summed E-state index contributed by atoms with van der Waals surface area (Å²) in [4.78, 5) is 5.10. The molecule has 0 N–H and O–H groups in total. The van der Waals surface area contributed by atoms with Crippen molar-refractivity contribution in [2.45, 2.75) is 0 Å². The van der Waals surface area contributed by atoms with E-state index >= 15 is 0 Å². The molecule has 0 atom stereocenters. The molecule has 144 valence electrons. The van der Waals surface area contributed by atoms with Gasteiger partial charge in [-0.3, -0.25) is 4.57 Å².